The van der Waals surface area contributed by atoms with E-state index < -0.39 is 15.7 Å². The van der Waals surface area contributed by atoms with Crippen molar-refractivity contribution >= 4 is 10.1 Å². The SMILES string of the molecule is CC1C2(C)CC3C(C)(C2C)C1(C)OS3(=O)=O. The van der Waals surface area contributed by atoms with Crippen LogP contribution in [0.2, 0.25) is 0 Å². The van der Waals surface area contributed by atoms with E-state index in [2.05, 4.69) is 27.7 Å². The van der Waals surface area contributed by atoms with Gasteiger partial charge in [0.1, 0.15) is 0 Å². The first-order chi connectivity index (χ1) is 7.11. The van der Waals surface area contributed by atoms with Crippen molar-refractivity contribution in [3.05, 3.63) is 0 Å². The van der Waals surface area contributed by atoms with E-state index in [0.717, 1.165) is 6.42 Å². The Kier molecular flexibility index (Phi) is 1.63. The molecule has 1 saturated heterocycles. The lowest BCUT2D eigenvalue weighted by molar-refractivity contribution is -0.0317. The van der Waals surface area contributed by atoms with Gasteiger partial charge in [-0.3, -0.25) is 4.18 Å². The zero-order chi connectivity index (χ0) is 12.1. The smallest absolute Gasteiger partial charge is 0.263 e. The van der Waals surface area contributed by atoms with E-state index in [0.29, 0.717) is 11.8 Å². The van der Waals surface area contributed by atoms with E-state index in [1.165, 1.54) is 0 Å². The highest BCUT2D eigenvalue weighted by Gasteiger charge is 2.82. The highest BCUT2D eigenvalue weighted by Crippen LogP contribution is 2.77. The van der Waals surface area contributed by atoms with Gasteiger partial charge in [0.25, 0.3) is 10.1 Å². The Balaban J connectivity index is 2.33. The van der Waals surface area contributed by atoms with Crippen LogP contribution in [0.15, 0.2) is 0 Å². The summed E-state index contributed by atoms with van der Waals surface area (Å²) in [6.45, 7) is 10.7. The molecule has 0 radical (unpaired) electrons. The molecule has 0 spiro atoms. The van der Waals surface area contributed by atoms with Crippen molar-refractivity contribution < 1.29 is 12.6 Å². The molecule has 6 atom stereocenters. The Morgan fingerprint density at radius 3 is 2.12 bits per heavy atom. The van der Waals surface area contributed by atoms with Crippen LogP contribution in [0.1, 0.15) is 41.0 Å². The minimum Gasteiger partial charge on any atom is -0.263 e. The van der Waals surface area contributed by atoms with Crippen LogP contribution >= 0.6 is 0 Å². The molecule has 6 unspecified atom stereocenters. The summed E-state index contributed by atoms with van der Waals surface area (Å²) in [5, 5.41) is -0.291. The van der Waals surface area contributed by atoms with Crippen LogP contribution in [-0.2, 0) is 14.3 Å². The summed E-state index contributed by atoms with van der Waals surface area (Å²) in [4.78, 5) is 0. The van der Waals surface area contributed by atoms with Gasteiger partial charge in [-0.05, 0) is 30.6 Å². The first kappa shape index (κ1) is 11.0. The monoisotopic (exact) mass is 244 g/mol. The molecule has 16 heavy (non-hydrogen) atoms. The Morgan fingerprint density at radius 2 is 1.69 bits per heavy atom. The minimum atomic E-state index is -3.35. The molecule has 3 rings (SSSR count). The Morgan fingerprint density at radius 1 is 1.12 bits per heavy atom. The van der Waals surface area contributed by atoms with Gasteiger partial charge in [-0.25, -0.2) is 0 Å². The third kappa shape index (κ3) is 0.742. The fourth-order valence-corrected chi connectivity index (χ4v) is 7.54. The van der Waals surface area contributed by atoms with Crippen molar-refractivity contribution in [1.82, 2.24) is 0 Å². The maximum atomic E-state index is 12.1. The maximum Gasteiger partial charge on any atom is 0.271 e. The summed E-state index contributed by atoms with van der Waals surface area (Å²) in [5.41, 5.74) is -0.597. The van der Waals surface area contributed by atoms with E-state index in [4.69, 9.17) is 4.18 Å². The van der Waals surface area contributed by atoms with Crippen molar-refractivity contribution in [2.24, 2.45) is 22.7 Å². The van der Waals surface area contributed by atoms with E-state index >= 15 is 0 Å². The molecule has 1 aliphatic heterocycles. The summed E-state index contributed by atoms with van der Waals surface area (Å²) in [7, 11) is -3.35. The average Bonchev–Trinajstić information content (AvgIpc) is 2.48. The second-order valence-corrected chi connectivity index (χ2v) is 8.33. The van der Waals surface area contributed by atoms with Crippen molar-refractivity contribution in [2.75, 3.05) is 0 Å². The summed E-state index contributed by atoms with van der Waals surface area (Å²) in [6.07, 6.45) is 0.768. The van der Waals surface area contributed by atoms with Crippen molar-refractivity contribution in [3.8, 4) is 0 Å². The zero-order valence-electron chi connectivity index (χ0n) is 10.6. The lowest BCUT2D eigenvalue weighted by Crippen LogP contribution is -2.48. The summed E-state index contributed by atoms with van der Waals surface area (Å²) in [6, 6.07) is 0. The molecular weight excluding hydrogens is 224 g/mol. The number of hydrogen-bond donors (Lipinski definition) is 0. The van der Waals surface area contributed by atoms with Crippen molar-refractivity contribution in [1.29, 1.82) is 0 Å². The molecule has 0 amide bonds. The van der Waals surface area contributed by atoms with Gasteiger partial charge in [0.2, 0.25) is 0 Å². The topological polar surface area (TPSA) is 43.4 Å². The zero-order valence-corrected chi connectivity index (χ0v) is 11.4. The van der Waals surface area contributed by atoms with Gasteiger partial charge in [0.05, 0.1) is 10.9 Å². The van der Waals surface area contributed by atoms with Crippen molar-refractivity contribution in [2.45, 2.75) is 51.9 Å². The first-order valence-electron chi connectivity index (χ1n) is 6.05. The van der Waals surface area contributed by atoms with Crippen LogP contribution in [-0.4, -0.2) is 19.3 Å². The first-order valence-corrected chi connectivity index (χ1v) is 7.52. The second-order valence-electron chi connectivity index (χ2n) is 6.61. The standard InChI is InChI=1S/C12H20O3S/c1-7-10(3)6-9-11(7,4)12(5,8(10)2)15-16(9,13)14/h7-9H,6H2,1-5H3. The molecule has 2 bridgehead atoms. The Labute approximate surface area is 97.7 Å². The highest BCUT2D eigenvalue weighted by atomic mass is 32.2. The van der Waals surface area contributed by atoms with Gasteiger partial charge in [0.15, 0.2) is 0 Å². The van der Waals surface area contributed by atoms with Crippen LogP contribution in [0.5, 0.6) is 0 Å². The molecule has 1 heterocycles. The van der Waals surface area contributed by atoms with Crippen LogP contribution < -0.4 is 0 Å². The third-order valence-corrected chi connectivity index (χ3v) is 8.64. The maximum absolute atomic E-state index is 12.1. The van der Waals surface area contributed by atoms with Crippen LogP contribution in [0.4, 0.5) is 0 Å². The molecule has 3 nitrogen and oxygen atoms in total. The van der Waals surface area contributed by atoms with Gasteiger partial charge in [0, 0.05) is 5.41 Å². The van der Waals surface area contributed by atoms with Gasteiger partial charge in [-0.1, -0.05) is 27.7 Å². The molecule has 0 aromatic heterocycles. The fourth-order valence-electron chi connectivity index (χ4n) is 5.01. The van der Waals surface area contributed by atoms with Crippen LogP contribution in [0.3, 0.4) is 0 Å². The average molecular weight is 244 g/mol. The minimum absolute atomic E-state index is 0.109. The van der Waals surface area contributed by atoms with Gasteiger partial charge < -0.3 is 0 Å². The van der Waals surface area contributed by atoms with Crippen molar-refractivity contribution in [3.63, 3.8) is 0 Å². The van der Waals surface area contributed by atoms with E-state index in [9.17, 15) is 8.42 Å². The largest absolute Gasteiger partial charge is 0.271 e. The predicted octanol–water partition coefficient (Wildman–Crippen LogP) is 2.18. The molecule has 4 heteroatoms. The summed E-state index contributed by atoms with van der Waals surface area (Å²) in [5.74, 6) is 0.704. The van der Waals surface area contributed by atoms with Gasteiger partial charge in [-0.2, -0.15) is 8.42 Å². The second kappa shape index (κ2) is 2.37. The molecule has 2 aliphatic carbocycles. The van der Waals surface area contributed by atoms with E-state index in [1.807, 2.05) is 6.92 Å². The number of fused-ring (bicyclic) bond motifs is 1. The fraction of sp³-hybridized carbons (Fsp3) is 1.00. The predicted molar refractivity (Wildman–Crippen MR) is 61.4 cm³/mol. The number of hydrogen-bond acceptors (Lipinski definition) is 3. The van der Waals surface area contributed by atoms with E-state index in [-0.39, 0.29) is 16.1 Å². The molecule has 2 saturated carbocycles. The third-order valence-electron chi connectivity index (χ3n) is 6.71. The highest BCUT2D eigenvalue weighted by molar-refractivity contribution is 7.87. The number of rotatable bonds is 0. The normalized spacial score (nSPS) is 66.4. The molecular formula is C12H20O3S. The van der Waals surface area contributed by atoms with Gasteiger partial charge >= 0.3 is 0 Å². The summed E-state index contributed by atoms with van der Waals surface area (Å²) >= 11 is 0. The quantitative estimate of drug-likeness (QED) is 0.613. The molecule has 3 fully saturated rings. The summed E-state index contributed by atoms with van der Waals surface area (Å²) < 4.78 is 29.7. The molecule has 3 aliphatic rings. The lowest BCUT2D eigenvalue weighted by atomic mass is 9.66. The van der Waals surface area contributed by atoms with Crippen LogP contribution in [0.25, 0.3) is 0 Å². The molecule has 92 valence electrons. The molecule has 0 aromatic rings. The Hall–Kier alpha value is -0.0900. The lowest BCUT2D eigenvalue weighted by Gasteiger charge is -2.41. The molecule has 0 N–H and O–H groups in total. The van der Waals surface area contributed by atoms with E-state index in [1.54, 1.807) is 0 Å². The van der Waals surface area contributed by atoms with Gasteiger partial charge in [-0.15, -0.1) is 0 Å². The van der Waals surface area contributed by atoms with Crippen LogP contribution in [0, 0.1) is 22.7 Å². The Bertz CT molecular complexity index is 465. The molecule has 0 aromatic carbocycles.